The van der Waals surface area contributed by atoms with Crippen LogP contribution in [-0.2, 0) is 11.3 Å². The first-order chi connectivity index (χ1) is 12.6. The number of rotatable bonds is 6. The molecule has 1 aromatic heterocycles. The first kappa shape index (κ1) is 17.8. The summed E-state index contributed by atoms with van der Waals surface area (Å²) in [6, 6.07) is 11.9. The minimum atomic E-state index is -0.570. The third-order valence-electron chi connectivity index (χ3n) is 3.50. The molecular formula is C18H15ClN2O5. The summed E-state index contributed by atoms with van der Waals surface area (Å²) < 4.78 is 20.6. The molecule has 3 rings (SSSR count). The third kappa shape index (κ3) is 3.94. The summed E-state index contributed by atoms with van der Waals surface area (Å²) in [5.74, 6) is 0.873. The Morgan fingerprint density at radius 2 is 1.81 bits per heavy atom. The maximum Gasteiger partial charge on any atom is 0.338 e. The molecule has 0 atom stereocenters. The van der Waals surface area contributed by atoms with E-state index in [4.69, 9.17) is 30.3 Å². The van der Waals surface area contributed by atoms with Crippen molar-refractivity contribution in [3.8, 4) is 22.9 Å². The van der Waals surface area contributed by atoms with Crippen molar-refractivity contribution >= 4 is 17.6 Å². The van der Waals surface area contributed by atoms with E-state index >= 15 is 0 Å². The molecule has 134 valence electrons. The maximum absolute atomic E-state index is 12.2. The fourth-order valence-electron chi connectivity index (χ4n) is 2.20. The SMILES string of the molecule is COc1cc(OC)cc(C(=O)OCc2nc(-c3ccccc3Cl)no2)c1. The lowest BCUT2D eigenvalue weighted by atomic mass is 10.2. The van der Waals surface area contributed by atoms with Crippen LogP contribution in [0.4, 0.5) is 0 Å². The Hall–Kier alpha value is -3.06. The van der Waals surface area contributed by atoms with Crippen LogP contribution < -0.4 is 9.47 Å². The van der Waals surface area contributed by atoms with E-state index in [0.717, 1.165) is 0 Å². The number of aromatic nitrogens is 2. The number of carbonyl (C=O) groups excluding carboxylic acids is 1. The van der Waals surface area contributed by atoms with Crippen LogP contribution in [0.2, 0.25) is 5.02 Å². The molecule has 0 spiro atoms. The topological polar surface area (TPSA) is 83.7 Å². The number of halogens is 1. The number of benzene rings is 2. The molecule has 8 heteroatoms. The Kier molecular flexibility index (Phi) is 5.38. The molecule has 26 heavy (non-hydrogen) atoms. The van der Waals surface area contributed by atoms with Gasteiger partial charge in [0.05, 0.1) is 24.8 Å². The van der Waals surface area contributed by atoms with Gasteiger partial charge in [0.25, 0.3) is 5.89 Å². The average Bonchev–Trinajstić information content (AvgIpc) is 3.14. The molecule has 0 radical (unpaired) electrons. The predicted molar refractivity (Wildman–Crippen MR) is 93.4 cm³/mol. The van der Waals surface area contributed by atoms with Gasteiger partial charge in [-0.1, -0.05) is 28.9 Å². The molecule has 0 fully saturated rings. The highest BCUT2D eigenvalue weighted by atomic mass is 35.5. The Labute approximate surface area is 154 Å². The standard InChI is InChI=1S/C18H15ClN2O5/c1-23-12-7-11(8-13(9-12)24-2)18(22)25-10-16-20-17(21-26-16)14-5-3-4-6-15(14)19/h3-9H,10H2,1-2H3. The second-order valence-corrected chi connectivity index (χ2v) is 5.58. The van der Waals surface area contributed by atoms with Crippen molar-refractivity contribution in [1.29, 1.82) is 0 Å². The van der Waals surface area contributed by atoms with Crippen molar-refractivity contribution in [2.24, 2.45) is 0 Å². The predicted octanol–water partition coefficient (Wildman–Crippen LogP) is 3.76. The Balaban J connectivity index is 1.70. The summed E-state index contributed by atoms with van der Waals surface area (Å²) in [4.78, 5) is 16.4. The van der Waals surface area contributed by atoms with E-state index in [2.05, 4.69) is 10.1 Å². The Morgan fingerprint density at radius 1 is 1.12 bits per heavy atom. The normalized spacial score (nSPS) is 10.4. The molecule has 0 aliphatic carbocycles. The minimum absolute atomic E-state index is 0.156. The van der Waals surface area contributed by atoms with Crippen molar-refractivity contribution in [2.75, 3.05) is 14.2 Å². The zero-order valence-electron chi connectivity index (χ0n) is 14.1. The van der Waals surface area contributed by atoms with Crippen molar-refractivity contribution in [2.45, 2.75) is 6.61 Å². The summed E-state index contributed by atoms with van der Waals surface area (Å²) in [5.41, 5.74) is 0.917. The van der Waals surface area contributed by atoms with Crippen LogP contribution in [0.3, 0.4) is 0 Å². The van der Waals surface area contributed by atoms with Gasteiger partial charge in [0.1, 0.15) is 11.5 Å². The highest BCUT2D eigenvalue weighted by Gasteiger charge is 2.15. The van der Waals surface area contributed by atoms with Crippen molar-refractivity contribution in [3.63, 3.8) is 0 Å². The van der Waals surface area contributed by atoms with Gasteiger partial charge in [-0.2, -0.15) is 4.98 Å². The number of nitrogens with zero attached hydrogens (tertiary/aromatic N) is 2. The fraction of sp³-hybridized carbons (Fsp3) is 0.167. The molecule has 0 unspecified atom stereocenters. The second kappa shape index (κ2) is 7.88. The van der Waals surface area contributed by atoms with Gasteiger partial charge in [-0.25, -0.2) is 4.79 Å². The van der Waals surface area contributed by atoms with Gasteiger partial charge in [-0.05, 0) is 24.3 Å². The van der Waals surface area contributed by atoms with E-state index in [-0.39, 0.29) is 18.1 Å². The molecule has 0 bridgehead atoms. The van der Waals surface area contributed by atoms with Gasteiger partial charge in [0.15, 0.2) is 6.61 Å². The van der Waals surface area contributed by atoms with Gasteiger partial charge >= 0.3 is 5.97 Å². The average molecular weight is 375 g/mol. The number of esters is 1. The van der Waals surface area contributed by atoms with Gasteiger partial charge in [0.2, 0.25) is 5.82 Å². The first-order valence-electron chi connectivity index (χ1n) is 7.58. The molecular weight excluding hydrogens is 360 g/mol. The minimum Gasteiger partial charge on any atom is -0.497 e. The van der Waals surface area contributed by atoms with Crippen LogP contribution in [-0.4, -0.2) is 30.3 Å². The van der Waals surface area contributed by atoms with Crippen LogP contribution >= 0.6 is 11.6 Å². The van der Waals surface area contributed by atoms with E-state index < -0.39 is 5.97 Å². The molecule has 0 saturated heterocycles. The summed E-state index contributed by atoms with van der Waals surface area (Å²) in [5, 5.41) is 4.35. The van der Waals surface area contributed by atoms with E-state index in [0.29, 0.717) is 27.9 Å². The van der Waals surface area contributed by atoms with E-state index in [9.17, 15) is 4.79 Å². The summed E-state index contributed by atoms with van der Waals surface area (Å²) in [6.45, 7) is -0.171. The fourth-order valence-corrected chi connectivity index (χ4v) is 2.42. The zero-order chi connectivity index (χ0) is 18.5. The number of methoxy groups -OCH3 is 2. The lowest BCUT2D eigenvalue weighted by molar-refractivity contribution is 0.0429. The zero-order valence-corrected chi connectivity index (χ0v) is 14.8. The smallest absolute Gasteiger partial charge is 0.338 e. The van der Waals surface area contributed by atoms with Crippen LogP contribution in [0.1, 0.15) is 16.2 Å². The van der Waals surface area contributed by atoms with E-state index in [1.165, 1.54) is 14.2 Å². The molecule has 0 aliphatic rings. The molecule has 0 amide bonds. The van der Waals surface area contributed by atoms with Crippen molar-refractivity contribution in [1.82, 2.24) is 10.1 Å². The molecule has 3 aromatic rings. The van der Waals surface area contributed by atoms with Crippen LogP contribution in [0.25, 0.3) is 11.4 Å². The van der Waals surface area contributed by atoms with Gasteiger partial charge in [-0.3, -0.25) is 0 Å². The monoisotopic (exact) mass is 374 g/mol. The highest BCUT2D eigenvalue weighted by Crippen LogP contribution is 2.25. The number of hydrogen-bond donors (Lipinski definition) is 0. The largest absolute Gasteiger partial charge is 0.497 e. The van der Waals surface area contributed by atoms with Gasteiger partial charge in [0, 0.05) is 11.6 Å². The highest BCUT2D eigenvalue weighted by molar-refractivity contribution is 6.33. The van der Waals surface area contributed by atoms with Gasteiger partial charge < -0.3 is 18.7 Å². The van der Waals surface area contributed by atoms with E-state index in [1.807, 2.05) is 6.07 Å². The summed E-state index contributed by atoms with van der Waals surface area (Å²) >= 11 is 6.10. The molecule has 0 saturated carbocycles. The number of carbonyl (C=O) groups is 1. The molecule has 1 heterocycles. The molecule has 0 N–H and O–H groups in total. The number of hydrogen-bond acceptors (Lipinski definition) is 7. The van der Waals surface area contributed by atoms with Crippen LogP contribution in [0.5, 0.6) is 11.5 Å². The van der Waals surface area contributed by atoms with E-state index in [1.54, 1.807) is 36.4 Å². The van der Waals surface area contributed by atoms with Crippen LogP contribution in [0, 0.1) is 0 Å². The molecule has 0 aliphatic heterocycles. The Bertz CT molecular complexity index is 903. The second-order valence-electron chi connectivity index (χ2n) is 5.17. The third-order valence-corrected chi connectivity index (χ3v) is 3.83. The Morgan fingerprint density at radius 3 is 2.46 bits per heavy atom. The molecule has 7 nitrogen and oxygen atoms in total. The number of ether oxygens (including phenoxy) is 3. The summed E-state index contributed by atoms with van der Waals surface area (Å²) in [6.07, 6.45) is 0. The lowest BCUT2D eigenvalue weighted by Gasteiger charge is -2.07. The lowest BCUT2D eigenvalue weighted by Crippen LogP contribution is -2.06. The van der Waals surface area contributed by atoms with Crippen LogP contribution in [0.15, 0.2) is 47.0 Å². The maximum atomic E-state index is 12.2. The van der Waals surface area contributed by atoms with Crippen molar-refractivity contribution in [3.05, 3.63) is 58.9 Å². The molecule has 2 aromatic carbocycles. The quantitative estimate of drug-likeness (QED) is 0.607. The van der Waals surface area contributed by atoms with Gasteiger partial charge in [-0.15, -0.1) is 0 Å². The first-order valence-corrected chi connectivity index (χ1v) is 7.96. The van der Waals surface area contributed by atoms with Crippen molar-refractivity contribution < 1.29 is 23.5 Å². The summed E-state index contributed by atoms with van der Waals surface area (Å²) in [7, 11) is 3.00.